The van der Waals surface area contributed by atoms with Crippen molar-refractivity contribution in [3.8, 4) is 0 Å². The summed E-state index contributed by atoms with van der Waals surface area (Å²) in [7, 11) is 1.81. The first-order valence-electron chi connectivity index (χ1n) is 7.60. The lowest BCUT2D eigenvalue weighted by Crippen LogP contribution is -2.56. The molecule has 2 N–H and O–H groups in total. The number of carboxylic acids is 1. The fourth-order valence-corrected chi connectivity index (χ4v) is 2.74. The summed E-state index contributed by atoms with van der Waals surface area (Å²) in [5.41, 5.74) is 0.0781. The molecule has 0 aromatic carbocycles. The van der Waals surface area contributed by atoms with Gasteiger partial charge in [0.2, 0.25) is 0 Å². The van der Waals surface area contributed by atoms with Crippen LogP contribution in [0.1, 0.15) is 40.5 Å². The number of nitrogens with one attached hydrogen (secondary N) is 1. The number of rotatable bonds is 6. The first kappa shape index (κ1) is 17.8. The SMILES string of the molecule is CCN(CC(=O)O)C1CC(NC(=O)N(C)CC(C)(C)C)C1. The van der Waals surface area contributed by atoms with Crippen LogP contribution >= 0.6 is 0 Å². The number of urea groups is 1. The van der Waals surface area contributed by atoms with Crippen LogP contribution in [0.25, 0.3) is 0 Å². The Kier molecular flexibility index (Phi) is 6.01. The number of amides is 2. The molecular formula is C15H29N3O3. The molecule has 0 radical (unpaired) electrons. The molecule has 0 aliphatic heterocycles. The number of nitrogens with zero attached hydrogens (tertiary/aromatic N) is 2. The van der Waals surface area contributed by atoms with E-state index < -0.39 is 5.97 Å². The van der Waals surface area contributed by atoms with Gasteiger partial charge in [0.1, 0.15) is 0 Å². The van der Waals surface area contributed by atoms with Crippen molar-refractivity contribution < 1.29 is 14.7 Å². The molecule has 0 bridgehead atoms. The molecule has 0 aromatic heterocycles. The second kappa shape index (κ2) is 7.11. The molecule has 1 saturated carbocycles. The first-order chi connectivity index (χ1) is 9.62. The molecular weight excluding hydrogens is 270 g/mol. The van der Waals surface area contributed by atoms with Crippen molar-refractivity contribution in [3.05, 3.63) is 0 Å². The summed E-state index contributed by atoms with van der Waals surface area (Å²) in [6.45, 7) is 9.76. The van der Waals surface area contributed by atoms with Crippen molar-refractivity contribution in [1.82, 2.24) is 15.1 Å². The van der Waals surface area contributed by atoms with Gasteiger partial charge in [-0.15, -0.1) is 0 Å². The zero-order chi connectivity index (χ0) is 16.2. The van der Waals surface area contributed by atoms with E-state index in [4.69, 9.17) is 5.11 Å². The number of carbonyl (C=O) groups excluding carboxylic acids is 1. The number of aliphatic carboxylic acids is 1. The van der Waals surface area contributed by atoms with Crippen molar-refractivity contribution in [2.75, 3.05) is 26.7 Å². The summed E-state index contributed by atoms with van der Waals surface area (Å²) in [6.07, 6.45) is 1.66. The maximum absolute atomic E-state index is 12.1. The molecule has 0 atom stereocenters. The fraction of sp³-hybridized carbons (Fsp3) is 0.867. The van der Waals surface area contributed by atoms with Crippen LogP contribution in [0.5, 0.6) is 0 Å². The molecule has 0 unspecified atom stereocenters. The Balaban J connectivity index is 2.34. The molecule has 0 aromatic rings. The van der Waals surface area contributed by atoms with Gasteiger partial charge in [-0.3, -0.25) is 9.69 Å². The Labute approximate surface area is 127 Å². The predicted octanol–water partition coefficient (Wildman–Crippen LogP) is 1.61. The molecule has 0 saturated heterocycles. The molecule has 122 valence electrons. The average Bonchev–Trinajstić information content (AvgIpc) is 2.27. The van der Waals surface area contributed by atoms with Crippen LogP contribution < -0.4 is 5.32 Å². The van der Waals surface area contributed by atoms with E-state index in [1.807, 2.05) is 11.8 Å². The summed E-state index contributed by atoms with van der Waals surface area (Å²) in [4.78, 5) is 26.5. The minimum atomic E-state index is -0.797. The first-order valence-corrected chi connectivity index (χ1v) is 7.60. The van der Waals surface area contributed by atoms with E-state index in [0.717, 1.165) is 19.4 Å². The summed E-state index contributed by atoms with van der Waals surface area (Å²) in [6, 6.07) is 0.381. The Bertz CT molecular complexity index is 373. The van der Waals surface area contributed by atoms with Gasteiger partial charge in [0.05, 0.1) is 6.54 Å². The molecule has 21 heavy (non-hydrogen) atoms. The number of hydrogen-bond donors (Lipinski definition) is 2. The van der Waals surface area contributed by atoms with Gasteiger partial charge < -0.3 is 15.3 Å². The third-order valence-corrected chi connectivity index (χ3v) is 3.76. The lowest BCUT2D eigenvalue weighted by molar-refractivity contribution is -0.139. The van der Waals surface area contributed by atoms with E-state index >= 15 is 0 Å². The van der Waals surface area contributed by atoms with Crippen LogP contribution in [0.2, 0.25) is 0 Å². The number of hydrogen-bond acceptors (Lipinski definition) is 3. The van der Waals surface area contributed by atoms with E-state index in [0.29, 0.717) is 6.54 Å². The molecule has 1 aliphatic rings. The molecule has 0 heterocycles. The van der Waals surface area contributed by atoms with Crippen LogP contribution in [0, 0.1) is 5.41 Å². The maximum Gasteiger partial charge on any atom is 0.317 e. The van der Waals surface area contributed by atoms with Gasteiger partial charge in [-0.1, -0.05) is 27.7 Å². The minimum absolute atomic E-state index is 0.0466. The van der Waals surface area contributed by atoms with E-state index in [-0.39, 0.29) is 30.1 Å². The highest BCUT2D eigenvalue weighted by atomic mass is 16.4. The van der Waals surface area contributed by atoms with Crippen LogP contribution in [0.15, 0.2) is 0 Å². The van der Waals surface area contributed by atoms with Gasteiger partial charge in [0.25, 0.3) is 0 Å². The molecule has 6 nitrogen and oxygen atoms in total. The van der Waals surface area contributed by atoms with Gasteiger partial charge in [0.15, 0.2) is 0 Å². The Morgan fingerprint density at radius 3 is 2.29 bits per heavy atom. The topological polar surface area (TPSA) is 72.9 Å². The van der Waals surface area contributed by atoms with E-state index in [1.54, 1.807) is 11.9 Å². The zero-order valence-corrected chi connectivity index (χ0v) is 13.8. The summed E-state index contributed by atoms with van der Waals surface area (Å²) >= 11 is 0. The minimum Gasteiger partial charge on any atom is -0.480 e. The standard InChI is InChI=1S/C15H29N3O3/c1-6-18(9-13(19)20)12-7-11(8-12)16-14(21)17(5)10-15(2,3)4/h11-12H,6-10H2,1-5H3,(H,16,21)(H,19,20). The van der Waals surface area contributed by atoms with Crippen LogP contribution in [0.4, 0.5) is 4.79 Å². The molecule has 1 fully saturated rings. The number of carboxylic acid groups (broad SMARTS) is 1. The van der Waals surface area contributed by atoms with Gasteiger partial charge >= 0.3 is 12.0 Å². The summed E-state index contributed by atoms with van der Waals surface area (Å²) in [5.74, 6) is -0.797. The Morgan fingerprint density at radius 1 is 1.29 bits per heavy atom. The Morgan fingerprint density at radius 2 is 1.86 bits per heavy atom. The number of carbonyl (C=O) groups is 2. The van der Waals surface area contributed by atoms with Crippen molar-refractivity contribution in [2.45, 2.75) is 52.6 Å². The van der Waals surface area contributed by atoms with Crippen molar-refractivity contribution in [3.63, 3.8) is 0 Å². The van der Waals surface area contributed by atoms with Gasteiger partial charge in [-0.2, -0.15) is 0 Å². The van der Waals surface area contributed by atoms with Gasteiger partial charge in [-0.05, 0) is 24.8 Å². The van der Waals surface area contributed by atoms with Crippen LogP contribution in [0.3, 0.4) is 0 Å². The largest absolute Gasteiger partial charge is 0.480 e. The molecule has 0 spiro atoms. The second-order valence-electron chi connectivity index (χ2n) is 7.15. The highest BCUT2D eigenvalue weighted by Crippen LogP contribution is 2.25. The predicted molar refractivity (Wildman–Crippen MR) is 82.3 cm³/mol. The quantitative estimate of drug-likeness (QED) is 0.781. The van der Waals surface area contributed by atoms with E-state index in [9.17, 15) is 9.59 Å². The summed E-state index contributed by atoms with van der Waals surface area (Å²) < 4.78 is 0. The lowest BCUT2D eigenvalue weighted by atomic mass is 9.85. The molecule has 1 rings (SSSR count). The highest BCUT2D eigenvalue weighted by Gasteiger charge is 2.35. The van der Waals surface area contributed by atoms with Gasteiger partial charge in [-0.25, -0.2) is 4.79 Å². The smallest absolute Gasteiger partial charge is 0.317 e. The third kappa shape index (κ3) is 5.91. The lowest BCUT2D eigenvalue weighted by Gasteiger charge is -2.42. The van der Waals surface area contributed by atoms with E-state index in [2.05, 4.69) is 26.1 Å². The van der Waals surface area contributed by atoms with E-state index in [1.165, 1.54) is 0 Å². The number of likely N-dealkylation sites (N-methyl/N-ethyl adjacent to an activating group) is 1. The second-order valence-corrected chi connectivity index (χ2v) is 7.15. The third-order valence-electron chi connectivity index (χ3n) is 3.76. The fourth-order valence-electron chi connectivity index (χ4n) is 2.74. The highest BCUT2D eigenvalue weighted by molar-refractivity contribution is 5.74. The van der Waals surface area contributed by atoms with Crippen molar-refractivity contribution in [1.29, 1.82) is 0 Å². The van der Waals surface area contributed by atoms with Crippen molar-refractivity contribution in [2.24, 2.45) is 5.41 Å². The van der Waals surface area contributed by atoms with Crippen molar-refractivity contribution >= 4 is 12.0 Å². The molecule has 2 amide bonds. The maximum atomic E-state index is 12.1. The normalized spacial score (nSPS) is 21.8. The average molecular weight is 299 g/mol. The van der Waals surface area contributed by atoms with Crippen LogP contribution in [-0.2, 0) is 4.79 Å². The monoisotopic (exact) mass is 299 g/mol. The molecule has 1 aliphatic carbocycles. The van der Waals surface area contributed by atoms with Crippen LogP contribution in [-0.4, -0.2) is 65.7 Å². The summed E-state index contributed by atoms with van der Waals surface area (Å²) in [5, 5.41) is 11.9. The molecule has 6 heteroatoms. The Hall–Kier alpha value is -1.30. The zero-order valence-electron chi connectivity index (χ0n) is 13.8. The van der Waals surface area contributed by atoms with Gasteiger partial charge in [0, 0.05) is 25.7 Å².